The SMILES string of the molecule is COc1ccc(-c2ccco2)c(Cl)c1. The Kier molecular flexibility index (Phi) is 2.46. The molecule has 0 bridgehead atoms. The van der Waals surface area contributed by atoms with Gasteiger partial charge in [-0.3, -0.25) is 0 Å². The van der Waals surface area contributed by atoms with Crippen molar-refractivity contribution in [2.75, 3.05) is 7.11 Å². The maximum absolute atomic E-state index is 6.06. The van der Waals surface area contributed by atoms with Crippen molar-refractivity contribution in [1.29, 1.82) is 0 Å². The molecule has 0 amide bonds. The number of ether oxygens (including phenoxy) is 1. The van der Waals surface area contributed by atoms with Crippen molar-refractivity contribution >= 4 is 11.6 Å². The van der Waals surface area contributed by atoms with Crippen LogP contribution in [-0.4, -0.2) is 7.11 Å². The van der Waals surface area contributed by atoms with Crippen LogP contribution in [0.15, 0.2) is 41.0 Å². The van der Waals surface area contributed by atoms with E-state index in [-0.39, 0.29) is 0 Å². The summed E-state index contributed by atoms with van der Waals surface area (Å²) in [5.74, 6) is 1.50. The minimum absolute atomic E-state index is 0.624. The first-order valence-electron chi connectivity index (χ1n) is 4.18. The van der Waals surface area contributed by atoms with E-state index in [1.807, 2.05) is 24.3 Å². The first kappa shape index (κ1) is 9.16. The maximum atomic E-state index is 6.06. The van der Waals surface area contributed by atoms with Gasteiger partial charge in [0.2, 0.25) is 0 Å². The predicted molar refractivity (Wildman–Crippen MR) is 55.7 cm³/mol. The quantitative estimate of drug-likeness (QED) is 0.752. The van der Waals surface area contributed by atoms with Gasteiger partial charge in [-0.05, 0) is 30.3 Å². The van der Waals surface area contributed by atoms with Crippen LogP contribution in [0.2, 0.25) is 5.02 Å². The molecule has 14 heavy (non-hydrogen) atoms. The maximum Gasteiger partial charge on any atom is 0.135 e. The number of methoxy groups -OCH3 is 1. The molecule has 2 aromatic rings. The van der Waals surface area contributed by atoms with E-state index in [9.17, 15) is 0 Å². The zero-order chi connectivity index (χ0) is 9.97. The molecule has 1 aromatic carbocycles. The summed E-state index contributed by atoms with van der Waals surface area (Å²) in [6.07, 6.45) is 1.62. The Hall–Kier alpha value is -1.41. The molecule has 2 nitrogen and oxygen atoms in total. The van der Waals surface area contributed by atoms with Gasteiger partial charge in [-0.1, -0.05) is 11.6 Å². The van der Waals surface area contributed by atoms with Crippen molar-refractivity contribution in [3.05, 3.63) is 41.6 Å². The van der Waals surface area contributed by atoms with E-state index in [1.54, 1.807) is 19.4 Å². The second kappa shape index (κ2) is 3.76. The van der Waals surface area contributed by atoms with E-state index in [0.717, 1.165) is 17.1 Å². The fourth-order valence-corrected chi connectivity index (χ4v) is 1.52. The van der Waals surface area contributed by atoms with E-state index in [4.69, 9.17) is 20.8 Å². The molecular formula is C11H9ClO2. The Labute approximate surface area is 87.1 Å². The fourth-order valence-electron chi connectivity index (χ4n) is 1.25. The Morgan fingerprint density at radius 2 is 2.14 bits per heavy atom. The van der Waals surface area contributed by atoms with Crippen LogP contribution in [0.5, 0.6) is 5.75 Å². The van der Waals surface area contributed by atoms with E-state index >= 15 is 0 Å². The molecule has 0 saturated carbocycles. The second-order valence-corrected chi connectivity index (χ2v) is 3.23. The average molecular weight is 209 g/mol. The number of halogens is 1. The highest BCUT2D eigenvalue weighted by Gasteiger charge is 2.06. The summed E-state index contributed by atoms with van der Waals surface area (Å²) in [7, 11) is 1.61. The van der Waals surface area contributed by atoms with Crippen LogP contribution < -0.4 is 4.74 Å². The van der Waals surface area contributed by atoms with Crippen molar-refractivity contribution in [3.63, 3.8) is 0 Å². The topological polar surface area (TPSA) is 22.4 Å². The molecule has 0 aliphatic heterocycles. The molecule has 0 radical (unpaired) electrons. The number of benzene rings is 1. The van der Waals surface area contributed by atoms with Gasteiger partial charge in [-0.15, -0.1) is 0 Å². The first-order chi connectivity index (χ1) is 6.81. The van der Waals surface area contributed by atoms with Crippen LogP contribution in [0.4, 0.5) is 0 Å². The van der Waals surface area contributed by atoms with Gasteiger partial charge in [-0.2, -0.15) is 0 Å². The van der Waals surface area contributed by atoms with Crippen LogP contribution >= 0.6 is 11.6 Å². The van der Waals surface area contributed by atoms with Gasteiger partial charge < -0.3 is 9.15 Å². The van der Waals surface area contributed by atoms with Gasteiger partial charge in [0.15, 0.2) is 0 Å². The number of furan rings is 1. The standard InChI is InChI=1S/C11H9ClO2/c1-13-8-4-5-9(10(12)7-8)11-3-2-6-14-11/h2-7H,1H3. The third-order valence-electron chi connectivity index (χ3n) is 1.96. The predicted octanol–water partition coefficient (Wildman–Crippen LogP) is 3.61. The van der Waals surface area contributed by atoms with E-state index in [1.165, 1.54) is 0 Å². The molecule has 1 aromatic heterocycles. The third kappa shape index (κ3) is 1.61. The van der Waals surface area contributed by atoms with Gasteiger partial charge in [-0.25, -0.2) is 0 Å². The lowest BCUT2D eigenvalue weighted by molar-refractivity contribution is 0.415. The van der Waals surface area contributed by atoms with Crippen molar-refractivity contribution in [1.82, 2.24) is 0 Å². The van der Waals surface area contributed by atoms with Crippen LogP contribution in [0.25, 0.3) is 11.3 Å². The zero-order valence-corrected chi connectivity index (χ0v) is 8.41. The van der Waals surface area contributed by atoms with Gasteiger partial charge in [0, 0.05) is 5.56 Å². The lowest BCUT2D eigenvalue weighted by Gasteiger charge is -2.03. The van der Waals surface area contributed by atoms with Crippen molar-refractivity contribution in [3.8, 4) is 17.1 Å². The van der Waals surface area contributed by atoms with Gasteiger partial charge in [0.05, 0.1) is 18.4 Å². The Balaban J connectivity index is 2.46. The Morgan fingerprint density at radius 3 is 2.71 bits per heavy atom. The monoisotopic (exact) mass is 208 g/mol. The highest BCUT2D eigenvalue weighted by atomic mass is 35.5. The molecule has 72 valence electrons. The molecule has 0 fully saturated rings. The fraction of sp³-hybridized carbons (Fsp3) is 0.0909. The molecule has 0 unspecified atom stereocenters. The molecule has 0 N–H and O–H groups in total. The summed E-state index contributed by atoms with van der Waals surface area (Å²) in [4.78, 5) is 0. The van der Waals surface area contributed by atoms with Crippen LogP contribution in [0, 0.1) is 0 Å². The highest BCUT2D eigenvalue weighted by Crippen LogP contribution is 2.31. The van der Waals surface area contributed by atoms with Gasteiger partial charge in [0.1, 0.15) is 11.5 Å². The molecule has 3 heteroatoms. The second-order valence-electron chi connectivity index (χ2n) is 2.82. The lowest BCUT2D eigenvalue weighted by atomic mass is 10.1. The third-order valence-corrected chi connectivity index (χ3v) is 2.28. The molecule has 0 atom stereocenters. The average Bonchev–Trinajstić information content (AvgIpc) is 2.70. The van der Waals surface area contributed by atoms with E-state index < -0.39 is 0 Å². The largest absolute Gasteiger partial charge is 0.497 e. The Morgan fingerprint density at radius 1 is 1.29 bits per heavy atom. The van der Waals surface area contributed by atoms with Crippen molar-refractivity contribution in [2.45, 2.75) is 0 Å². The molecule has 2 rings (SSSR count). The minimum atomic E-state index is 0.624. The Bertz CT molecular complexity index is 421. The molecule has 0 aliphatic carbocycles. The van der Waals surface area contributed by atoms with Crippen molar-refractivity contribution in [2.24, 2.45) is 0 Å². The van der Waals surface area contributed by atoms with E-state index in [0.29, 0.717) is 5.02 Å². The summed E-state index contributed by atoms with van der Waals surface area (Å²) >= 11 is 6.06. The normalized spacial score (nSPS) is 10.1. The summed E-state index contributed by atoms with van der Waals surface area (Å²) in [5, 5.41) is 0.624. The van der Waals surface area contributed by atoms with Crippen molar-refractivity contribution < 1.29 is 9.15 Å². The zero-order valence-electron chi connectivity index (χ0n) is 7.66. The smallest absolute Gasteiger partial charge is 0.135 e. The van der Waals surface area contributed by atoms with E-state index in [2.05, 4.69) is 0 Å². The van der Waals surface area contributed by atoms with Gasteiger partial charge in [0.25, 0.3) is 0 Å². The summed E-state index contributed by atoms with van der Waals surface area (Å²) in [5.41, 5.74) is 0.873. The summed E-state index contributed by atoms with van der Waals surface area (Å²) in [6, 6.07) is 9.19. The highest BCUT2D eigenvalue weighted by molar-refractivity contribution is 6.33. The minimum Gasteiger partial charge on any atom is -0.497 e. The molecule has 0 aliphatic rings. The van der Waals surface area contributed by atoms with Crippen LogP contribution in [0.3, 0.4) is 0 Å². The lowest BCUT2D eigenvalue weighted by Crippen LogP contribution is -1.83. The summed E-state index contributed by atoms with van der Waals surface area (Å²) in [6.45, 7) is 0. The van der Waals surface area contributed by atoms with Crippen LogP contribution in [-0.2, 0) is 0 Å². The number of hydrogen-bond donors (Lipinski definition) is 0. The molecule has 0 spiro atoms. The van der Waals surface area contributed by atoms with Gasteiger partial charge >= 0.3 is 0 Å². The molecule has 0 saturated heterocycles. The molecule has 1 heterocycles. The molecular weight excluding hydrogens is 200 g/mol. The van der Waals surface area contributed by atoms with Crippen LogP contribution in [0.1, 0.15) is 0 Å². The summed E-state index contributed by atoms with van der Waals surface area (Å²) < 4.78 is 10.3. The first-order valence-corrected chi connectivity index (χ1v) is 4.56. The number of rotatable bonds is 2. The number of hydrogen-bond acceptors (Lipinski definition) is 2.